The number of fused-ring (bicyclic) bond motifs is 1. The second-order valence-electron chi connectivity index (χ2n) is 9.14. The maximum Gasteiger partial charge on any atom is 0.330 e. The highest BCUT2D eigenvalue weighted by Crippen LogP contribution is 2.24. The average molecular weight is 569 g/mol. The van der Waals surface area contributed by atoms with Crippen molar-refractivity contribution in [1.82, 2.24) is 25.8 Å². The van der Waals surface area contributed by atoms with Gasteiger partial charge in [-0.2, -0.15) is 5.10 Å². The van der Waals surface area contributed by atoms with Gasteiger partial charge in [-0.05, 0) is 35.9 Å². The third-order valence-corrected chi connectivity index (χ3v) is 7.48. The maximum absolute atomic E-state index is 13.1. The Labute approximate surface area is 232 Å². The zero-order valence-electron chi connectivity index (χ0n) is 21.6. The summed E-state index contributed by atoms with van der Waals surface area (Å²) in [5.74, 6) is -1.78. The molecule has 39 heavy (non-hydrogen) atoms. The molecule has 204 valence electrons. The van der Waals surface area contributed by atoms with Crippen LogP contribution in [0.5, 0.6) is 0 Å². The number of rotatable bonds is 11. The van der Waals surface area contributed by atoms with Crippen LogP contribution in [0.2, 0.25) is 0 Å². The Morgan fingerprint density at radius 2 is 1.92 bits per heavy atom. The van der Waals surface area contributed by atoms with Gasteiger partial charge in [-0.3, -0.25) is 19.5 Å². The number of aromatic amines is 1. The lowest BCUT2D eigenvalue weighted by atomic mass is 10.1. The number of H-pyrrole nitrogens is 1. The second-order valence-corrected chi connectivity index (χ2v) is 11.1. The molecule has 4 rings (SSSR count). The van der Waals surface area contributed by atoms with Crippen LogP contribution in [0.15, 0.2) is 41.9 Å². The molecule has 0 aliphatic heterocycles. The van der Waals surface area contributed by atoms with Crippen LogP contribution >= 0.6 is 22.7 Å². The molecule has 0 radical (unpaired) electrons. The van der Waals surface area contributed by atoms with E-state index in [-0.39, 0.29) is 47.3 Å². The Morgan fingerprint density at radius 1 is 1.10 bits per heavy atom. The molecular weight excluding hydrogens is 540 g/mol. The standard InChI is InChI=1S/C26H28N6O5S2/c1-14(2)13-37-25(36)19(12-27-23(34)20-8-5-9-38-20)30-24(35)22-15(3)29-26(39-22)31-21(33)10-16-6-4-7-18-17(16)11-28-32-18/h4-9,11,14,19H,10,12-13H2,1-3H3,(H,27,34)(H,28,32)(H,30,35)(H,29,31,33). The van der Waals surface area contributed by atoms with Gasteiger partial charge in [-0.1, -0.05) is 43.4 Å². The molecule has 0 bridgehead atoms. The molecule has 4 aromatic rings. The molecular formula is C26H28N6O5S2. The monoisotopic (exact) mass is 568 g/mol. The molecule has 11 nitrogen and oxygen atoms in total. The van der Waals surface area contributed by atoms with E-state index in [0.29, 0.717) is 10.6 Å². The predicted octanol–water partition coefficient (Wildman–Crippen LogP) is 3.30. The van der Waals surface area contributed by atoms with Gasteiger partial charge in [0, 0.05) is 11.9 Å². The normalized spacial score (nSPS) is 11.8. The Morgan fingerprint density at radius 3 is 2.67 bits per heavy atom. The highest BCUT2D eigenvalue weighted by Gasteiger charge is 2.26. The number of carbonyl (C=O) groups is 4. The van der Waals surface area contributed by atoms with E-state index in [1.807, 2.05) is 32.0 Å². The van der Waals surface area contributed by atoms with Crippen molar-refractivity contribution >= 4 is 62.4 Å². The van der Waals surface area contributed by atoms with Crippen LogP contribution in [0.3, 0.4) is 0 Å². The van der Waals surface area contributed by atoms with E-state index in [9.17, 15) is 19.2 Å². The zero-order valence-corrected chi connectivity index (χ0v) is 23.2. The number of aromatic nitrogens is 3. The van der Waals surface area contributed by atoms with E-state index < -0.39 is 17.9 Å². The van der Waals surface area contributed by atoms with E-state index in [1.54, 1.807) is 30.6 Å². The van der Waals surface area contributed by atoms with Crippen LogP contribution < -0.4 is 16.0 Å². The molecule has 3 amide bonds. The van der Waals surface area contributed by atoms with E-state index in [1.165, 1.54) is 11.3 Å². The van der Waals surface area contributed by atoms with Crippen molar-refractivity contribution in [3.63, 3.8) is 0 Å². The van der Waals surface area contributed by atoms with Gasteiger partial charge in [0.25, 0.3) is 11.8 Å². The Hall–Kier alpha value is -4.10. The topological polar surface area (TPSA) is 155 Å². The summed E-state index contributed by atoms with van der Waals surface area (Å²) in [6.07, 6.45) is 1.77. The first-order chi connectivity index (χ1) is 18.7. The van der Waals surface area contributed by atoms with Gasteiger partial charge in [-0.15, -0.1) is 11.3 Å². The smallest absolute Gasteiger partial charge is 0.330 e. The summed E-state index contributed by atoms with van der Waals surface area (Å²) in [5.41, 5.74) is 2.02. The van der Waals surface area contributed by atoms with E-state index >= 15 is 0 Å². The molecule has 0 aliphatic carbocycles. The fourth-order valence-corrected chi connectivity index (χ4v) is 5.16. The van der Waals surface area contributed by atoms with Crippen LogP contribution in [0.1, 0.15) is 44.4 Å². The number of benzene rings is 1. The van der Waals surface area contributed by atoms with Gasteiger partial charge in [-0.25, -0.2) is 9.78 Å². The summed E-state index contributed by atoms with van der Waals surface area (Å²) in [5, 5.41) is 17.8. The molecule has 0 fully saturated rings. The number of nitrogens with zero attached hydrogens (tertiary/aromatic N) is 2. The minimum absolute atomic E-state index is 0.0985. The summed E-state index contributed by atoms with van der Waals surface area (Å²) in [7, 11) is 0. The number of thiazole rings is 1. The lowest BCUT2D eigenvalue weighted by molar-refractivity contribution is -0.146. The van der Waals surface area contributed by atoms with Crippen LogP contribution in [0.4, 0.5) is 5.13 Å². The summed E-state index contributed by atoms with van der Waals surface area (Å²) in [6, 6.07) is 7.85. The number of thiophene rings is 1. The fraction of sp³-hybridized carbons (Fsp3) is 0.308. The number of ether oxygens (including phenoxy) is 1. The first-order valence-electron chi connectivity index (χ1n) is 12.2. The van der Waals surface area contributed by atoms with Gasteiger partial charge in [0.15, 0.2) is 5.13 Å². The quantitative estimate of drug-likeness (QED) is 0.202. The summed E-state index contributed by atoms with van der Waals surface area (Å²) in [6.45, 7) is 5.45. The van der Waals surface area contributed by atoms with E-state index in [4.69, 9.17) is 4.74 Å². The summed E-state index contributed by atoms with van der Waals surface area (Å²) in [4.78, 5) is 56.0. The molecule has 4 N–H and O–H groups in total. The van der Waals surface area contributed by atoms with Gasteiger partial charge in [0.05, 0.1) is 35.3 Å². The van der Waals surface area contributed by atoms with Crippen LogP contribution in [0, 0.1) is 12.8 Å². The molecule has 1 unspecified atom stereocenters. The molecule has 3 aromatic heterocycles. The van der Waals surface area contributed by atoms with Crippen LogP contribution in [-0.2, 0) is 20.7 Å². The van der Waals surface area contributed by atoms with Crippen molar-refractivity contribution in [2.75, 3.05) is 18.5 Å². The van der Waals surface area contributed by atoms with E-state index in [2.05, 4.69) is 31.1 Å². The van der Waals surface area contributed by atoms with Crippen molar-refractivity contribution in [1.29, 1.82) is 0 Å². The highest BCUT2D eigenvalue weighted by atomic mass is 32.1. The Kier molecular flexibility index (Phi) is 9.04. The number of anilines is 1. The van der Waals surface area contributed by atoms with E-state index in [0.717, 1.165) is 27.8 Å². The number of amides is 3. The maximum atomic E-state index is 13.1. The molecule has 1 atom stereocenters. The predicted molar refractivity (Wildman–Crippen MR) is 149 cm³/mol. The first-order valence-corrected chi connectivity index (χ1v) is 13.9. The van der Waals surface area contributed by atoms with Crippen molar-refractivity contribution in [2.24, 2.45) is 5.92 Å². The lowest BCUT2D eigenvalue weighted by Gasteiger charge is -2.18. The van der Waals surface area contributed by atoms with Gasteiger partial charge in [0.2, 0.25) is 5.91 Å². The molecule has 0 spiro atoms. The largest absolute Gasteiger partial charge is 0.464 e. The molecule has 0 saturated heterocycles. The summed E-state index contributed by atoms with van der Waals surface area (Å²) >= 11 is 2.26. The van der Waals surface area contributed by atoms with Gasteiger partial charge >= 0.3 is 5.97 Å². The molecule has 13 heteroatoms. The van der Waals surface area contributed by atoms with Crippen LogP contribution in [0.25, 0.3) is 10.9 Å². The number of carbonyl (C=O) groups excluding carboxylic acids is 4. The van der Waals surface area contributed by atoms with Crippen molar-refractivity contribution in [3.8, 4) is 0 Å². The third kappa shape index (κ3) is 7.27. The minimum atomic E-state index is -1.12. The molecule has 0 saturated carbocycles. The average Bonchev–Trinajstić information content (AvgIpc) is 3.66. The van der Waals surface area contributed by atoms with Crippen LogP contribution in [-0.4, -0.2) is 58.1 Å². The van der Waals surface area contributed by atoms with Crippen molar-refractivity contribution in [2.45, 2.75) is 33.2 Å². The molecule has 0 aliphatic rings. The number of esters is 1. The number of nitrogens with one attached hydrogen (secondary N) is 4. The van der Waals surface area contributed by atoms with Crippen molar-refractivity contribution < 1.29 is 23.9 Å². The summed E-state index contributed by atoms with van der Waals surface area (Å²) < 4.78 is 5.32. The fourth-order valence-electron chi connectivity index (χ4n) is 3.64. The van der Waals surface area contributed by atoms with Gasteiger partial charge < -0.3 is 20.7 Å². The molecule has 1 aromatic carbocycles. The first kappa shape index (κ1) is 27.9. The lowest BCUT2D eigenvalue weighted by Crippen LogP contribution is -2.49. The number of aryl methyl sites for hydroxylation is 1. The minimum Gasteiger partial charge on any atom is -0.464 e. The third-order valence-electron chi connectivity index (χ3n) is 5.54. The Balaban J connectivity index is 1.41. The molecule has 3 heterocycles. The number of hydrogen-bond acceptors (Lipinski definition) is 9. The van der Waals surface area contributed by atoms with Gasteiger partial charge in [0.1, 0.15) is 10.9 Å². The number of hydrogen-bond donors (Lipinski definition) is 4. The zero-order chi connectivity index (χ0) is 27.9. The Bertz CT molecular complexity index is 1480. The highest BCUT2D eigenvalue weighted by molar-refractivity contribution is 7.17. The van der Waals surface area contributed by atoms with Crippen molar-refractivity contribution in [3.05, 3.63) is 62.9 Å². The second kappa shape index (κ2) is 12.6. The SMILES string of the molecule is Cc1nc(NC(=O)Cc2cccc3[nH]ncc23)sc1C(=O)NC(CNC(=O)c1cccs1)C(=O)OCC(C)C.